The first-order chi connectivity index (χ1) is 10.2. The molecule has 0 spiro atoms. The highest BCUT2D eigenvalue weighted by atomic mass is 16.5. The number of aromatic carboxylic acids is 1. The van der Waals surface area contributed by atoms with Crippen molar-refractivity contribution in [3.63, 3.8) is 0 Å². The van der Waals surface area contributed by atoms with E-state index in [1.807, 2.05) is 18.2 Å². The van der Waals surface area contributed by atoms with Crippen molar-refractivity contribution in [2.75, 3.05) is 0 Å². The van der Waals surface area contributed by atoms with Crippen molar-refractivity contribution in [1.29, 1.82) is 0 Å². The van der Waals surface area contributed by atoms with Crippen LogP contribution in [0.15, 0.2) is 59.3 Å². The first kappa shape index (κ1) is 13.0. The van der Waals surface area contributed by atoms with Gasteiger partial charge in [-0.15, -0.1) is 0 Å². The van der Waals surface area contributed by atoms with Gasteiger partial charge in [0.1, 0.15) is 18.1 Å². The van der Waals surface area contributed by atoms with Gasteiger partial charge in [-0.25, -0.2) is 9.48 Å². The summed E-state index contributed by atoms with van der Waals surface area (Å²) in [5.74, 6) is 0.259. The van der Waals surface area contributed by atoms with Gasteiger partial charge in [-0.2, -0.15) is 5.10 Å². The second kappa shape index (κ2) is 5.54. The van der Waals surface area contributed by atoms with Gasteiger partial charge in [0, 0.05) is 0 Å². The second-order valence-corrected chi connectivity index (χ2v) is 4.31. The minimum atomic E-state index is -1.11. The fraction of sp³-hybridized carbons (Fsp3) is 0.0667. The van der Waals surface area contributed by atoms with Crippen molar-refractivity contribution in [2.24, 2.45) is 0 Å². The smallest absolute Gasteiger partial charge is 0.358 e. The summed E-state index contributed by atoms with van der Waals surface area (Å²) in [7, 11) is 0. The van der Waals surface area contributed by atoms with Crippen molar-refractivity contribution in [3.05, 3.63) is 66.4 Å². The van der Waals surface area contributed by atoms with Crippen molar-refractivity contribution >= 4 is 5.97 Å². The van der Waals surface area contributed by atoms with E-state index in [1.54, 1.807) is 24.3 Å². The topological polar surface area (TPSA) is 77.5 Å². The van der Waals surface area contributed by atoms with E-state index in [2.05, 4.69) is 5.10 Å². The third-order valence-corrected chi connectivity index (χ3v) is 2.87. The van der Waals surface area contributed by atoms with Crippen molar-refractivity contribution in [1.82, 2.24) is 9.78 Å². The van der Waals surface area contributed by atoms with E-state index >= 15 is 0 Å². The number of ether oxygens (including phenoxy) is 1. The Morgan fingerprint density at radius 3 is 2.71 bits per heavy atom. The summed E-state index contributed by atoms with van der Waals surface area (Å²) in [6.45, 7) is 0.229. The molecule has 2 heterocycles. The average molecular weight is 284 g/mol. The number of benzene rings is 1. The normalized spacial score (nSPS) is 10.5. The molecule has 0 fully saturated rings. The van der Waals surface area contributed by atoms with Crippen LogP contribution in [0.3, 0.4) is 0 Å². The van der Waals surface area contributed by atoms with E-state index in [9.17, 15) is 9.90 Å². The fourth-order valence-corrected chi connectivity index (χ4v) is 1.94. The minimum Gasteiger partial charge on any atom is -0.476 e. The molecule has 21 heavy (non-hydrogen) atoms. The van der Waals surface area contributed by atoms with Crippen LogP contribution >= 0.6 is 0 Å². The number of hydrogen-bond acceptors (Lipinski definition) is 4. The maximum absolute atomic E-state index is 11.5. The summed E-state index contributed by atoms with van der Waals surface area (Å²) in [6.07, 6.45) is 2.92. The van der Waals surface area contributed by atoms with Crippen LogP contribution < -0.4 is 4.74 Å². The summed E-state index contributed by atoms with van der Waals surface area (Å²) in [5, 5.41) is 13.4. The van der Waals surface area contributed by atoms with Gasteiger partial charge < -0.3 is 14.3 Å². The molecule has 6 nitrogen and oxygen atoms in total. The number of hydrogen-bond donors (Lipinski definition) is 1. The van der Waals surface area contributed by atoms with Crippen LogP contribution in [0.25, 0.3) is 0 Å². The molecule has 3 aromatic rings. The number of furan rings is 1. The molecule has 0 atom stereocenters. The van der Waals surface area contributed by atoms with E-state index in [0.29, 0.717) is 11.5 Å². The van der Waals surface area contributed by atoms with Crippen LogP contribution in [-0.4, -0.2) is 20.9 Å². The van der Waals surface area contributed by atoms with Gasteiger partial charge in [0.2, 0.25) is 0 Å². The molecule has 1 aromatic carbocycles. The van der Waals surface area contributed by atoms with Gasteiger partial charge >= 0.3 is 5.97 Å². The lowest BCUT2D eigenvalue weighted by molar-refractivity contribution is 0.0681. The highest BCUT2D eigenvalue weighted by molar-refractivity contribution is 5.89. The molecule has 6 heteroatoms. The van der Waals surface area contributed by atoms with Crippen LogP contribution in [0, 0.1) is 0 Å². The molecule has 0 radical (unpaired) electrons. The lowest BCUT2D eigenvalue weighted by Gasteiger charge is -2.06. The number of aromatic nitrogens is 2. The molecule has 0 aliphatic carbocycles. The number of carboxylic acids is 1. The highest BCUT2D eigenvalue weighted by Crippen LogP contribution is 2.25. The van der Waals surface area contributed by atoms with Crippen LogP contribution in [0.2, 0.25) is 0 Å². The predicted octanol–water partition coefficient (Wildman–Crippen LogP) is 3.01. The van der Waals surface area contributed by atoms with Crippen molar-refractivity contribution in [2.45, 2.75) is 6.54 Å². The molecule has 0 saturated carbocycles. The lowest BCUT2D eigenvalue weighted by Crippen LogP contribution is -2.11. The molecule has 2 aromatic heterocycles. The van der Waals surface area contributed by atoms with Crippen molar-refractivity contribution < 1.29 is 19.1 Å². The largest absolute Gasteiger partial charge is 0.476 e. The van der Waals surface area contributed by atoms with Gasteiger partial charge in [-0.3, -0.25) is 0 Å². The van der Waals surface area contributed by atoms with Crippen LogP contribution in [0.4, 0.5) is 0 Å². The van der Waals surface area contributed by atoms with E-state index < -0.39 is 5.97 Å². The first-order valence-corrected chi connectivity index (χ1v) is 6.28. The zero-order valence-corrected chi connectivity index (χ0v) is 11.0. The third-order valence-electron chi connectivity index (χ3n) is 2.87. The maximum atomic E-state index is 11.5. The van der Waals surface area contributed by atoms with E-state index in [0.717, 1.165) is 0 Å². The molecular formula is C15H12N2O4. The van der Waals surface area contributed by atoms with E-state index in [1.165, 1.54) is 17.1 Å². The molecule has 0 aliphatic heterocycles. The Labute approximate surface area is 120 Å². The number of rotatable bonds is 5. The number of carbonyl (C=O) groups is 1. The molecule has 3 rings (SSSR count). The Morgan fingerprint density at radius 2 is 2.05 bits per heavy atom. The summed E-state index contributed by atoms with van der Waals surface area (Å²) >= 11 is 0. The van der Waals surface area contributed by atoms with Gasteiger partial charge in [-0.1, -0.05) is 18.2 Å². The minimum absolute atomic E-state index is 0.0183. The summed E-state index contributed by atoms with van der Waals surface area (Å²) in [5.41, 5.74) is -0.0183. The van der Waals surface area contributed by atoms with Crippen LogP contribution in [0.5, 0.6) is 11.5 Å². The molecule has 0 aliphatic rings. The fourth-order valence-electron chi connectivity index (χ4n) is 1.94. The van der Waals surface area contributed by atoms with Crippen molar-refractivity contribution in [3.8, 4) is 11.5 Å². The Morgan fingerprint density at radius 1 is 1.24 bits per heavy atom. The summed E-state index contributed by atoms with van der Waals surface area (Å²) in [6, 6.07) is 12.5. The zero-order valence-electron chi connectivity index (χ0n) is 11.0. The Hall–Kier alpha value is -3.02. The van der Waals surface area contributed by atoms with Gasteiger partial charge in [-0.05, 0) is 24.3 Å². The predicted molar refractivity (Wildman–Crippen MR) is 73.5 cm³/mol. The number of nitrogens with zero attached hydrogens (tertiary/aromatic N) is 2. The van der Waals surface area contributed by atoms with Crippen LogP contribution in [-0.2, 0) is 6.54 Å². The molecule has 106 valence electrons. The van der Waals surface area contributed by atoms with Gasteiger partial charge in [0.25, 0.3) is 0 Å². The standard InChI is InChI=1S/C15H12N2O4/c18-15(19)14-13(21-11-5-2-1-3-6-11)9-16-17(14)10-12-7-4-8-20-12/h1-9H,10H2,(H,18,19). The molecule has 0 bridgehead atoms. The van der Waals surface area contributed by atoms with Gasteiger partial charge in [0.15, 0.2) is 11.4 Å². The Balaban J connectivity index is 1.91. The van der Waals surface area contributed by atoms with Crippen LogP contribution in [0.1, 0.15) is 16.2 Å². The Bertz CT molecular complexity index is 732. The first-order valence-electron chi connectivity index (χ1n) is 6.28. The van der Waals surface area contributed by atoms with E-state index in [-0.39, 0.29) is 18.0 Å². The lowest BCUT2D eigenvalue weighted by atomic mass is 10.3. The SMILES string of the molecule is O=C(O)c1c(Oc2ccccc2)cnn1Cc1ccco1. The summed E-state index contributed by atoms with van der Waals surface area (Å²) < 4.78 is 12.1. The average Bonchev–Trinajstić information content (AvgIpc) is 3.11. The van der Waals surface area contributed by atoms with E-state index in [4.69, 9.17) is 9.15 Å². The molecule has 1 N–H and O–H groups in total. The zero-order chi connectivity index (χ0) is 14.7. The quantitative estimate of drug-likeness (QED) is 0.779. The summed E-state index contributed by atoms with van der Waals surface area (Å²) in [4.78, 5) is 11.5. The maximum Gasteiger partial charge on any atom is 0.358 e. The molecule has 0 saturated heterocycles. The van der Waals surface area contributed by atoms with Gasteiger partial charge in [0.05, 0.1) is 12.5 Å². The monoisotopic (exact) mass is 284 g/mol. The number of para-hydroxylation sites is 1. The third kappa shape index (κ3) is 2.79. The number of carboxylic acid groups (broad SMARTS) is 1. The Kier molecular flexibility index (Phi) is 3.42. The molecule has 0 unspecified atom stereocenters. The molecule has 0 amide bonds. The highest BCUT2D eigenvalue weighted by Gasteiger charge is 2.20. The molecular weight excluding hydrogens is 272 g/mol. The second-order valence-electron chi connectivity index (χ2n) is 4.31.